The molecule has 29 heavy (non-hydrogen) atoms. The summed E-state index contributed by atoms with van der Waals surface area (Å²) in [5, 5.41) is 20.6. The number of nitrogens with zero attached hydrogens (tertiary/aromatic N) is 1. The van der Waals surface area contributed by atoms with Gasteiger partial charge in [-0.05, 0) is 36.2 Å². The van der Waals surface area contributed by atoms with E-state index in [2.05, 4.69) is 11.7 Å². The first-order chi connectivity index (χ1) is 13.8. The maximum Gasteiger partial charge on any atom is 0.328 e. The zero-order chi connectivity index (χ0) is 21.4. The second-order valence-corrected chi connectivity index (χ2v) is 5.90. The van der Waals surface area contributed by atoms with E-state index in [0.29, 0.717) is 35.4 Å². The van der Waals surface area contributed by atoms with Crippen LogP contribution in [0, 0.1) is 5.82 Å². The number of hydrogen-bond donors (Lipinski definition) is 3. The lowest BCUT2D eigenvalue weighted by molar-refractivity contribution is -0.134. The summed E-state index contributed by atoms with van der Waals surface area (Å²) in [5.74, 6) is -2.84. The Kier molecular flexibility index (Phi) is 7.39. The van der Waals surface area contributed by atoms with E-state index >= 15 is 0 Å². The lowest BCUT2D eigenvalue weighted by atomic mass is 9.95. The van der Waals surface area contributed by atoms with Gasteiger partial charge in [0.25, 0.3) is 0 Å². The molecule has 0 saturated heterocycles. The topological polar surface area (TPSA) is 127 Å². The van der Waals surface area contributed by atoms with Gasteiger partial charge in [-0.2, -0.15) is 0 Å². The summed E-state index contributed by atoms with van der Waals surface area (Å²) < 4.78 is 19.0. The van der Waals surface area contributed by atoms with E-state index in [1.165, 1.54) is 12.1 Å². The van der Waals surface area contributed by atoms with E-state index in [-0.39, 0.29) is 11.9 Å². The smallest absolute Gasteiger partial charge is 0.328 e. The van der Waals surface area contributed by atoms with Crippen molar-refractivity contribution < 1.29 is 28.7 Å². The number of fused-ring (bicyclic) bond motifs is 1. The van der Waals surface area contributed by atoms with Crippen molar-refractivity contribution in [1.29, 1.82) is 0 Å². The number of aliphatic carboxylic acids is 2. The Morgan fingerprint density at radius 1 is 1.17 bits per heavy atom. The van der Waals surface area contributed by atoms with Gasteiger partial charge in [-0.1, -0.05) is 29.4 Å². The highest BCUT2D eigenvalue weighted by Gasteiger charge is 2.17. The molecule has 1 unspecified atom stereocenters. The van der Waals surface area contributed by atoms with E-state index in [9.17, 15) is 14.0 Å². The van der Waals surface area contributed by atoms with Crippen LogP contribution in [-0.2, 0) is 9.59 Å². The van der Waals surface area contributed by atoms with E-state index in [4.69, 9.17) is 20.5 Å². The fourth-order valence-corrected chi connectivity index (χ4v) is 2.59. The summed E-state index contributed by atoms with van der Waals surface area (Å²) in [6.45, 7) is 3.70. The van der Waals surface area contributed by atoms with Gasteiger partial charge >= 0.3 is 11.9 Å². The molecule has 0 saturated carbocycles. The maximum atomic E-state index is 13.7. The minimum Gasteiger partial charge on any atom is -0.478 e. The Labute approximate surface area is 165 Å². The van der Waals surface area contributed by atoms with Crippen LogP contribution in [0.4, 0.5) is 4.39 Å². The van der Waals surface area contributed by atoms with Crippen molar-refractivity contribution in [1.82, 2.24) is 5.16 Å². The van der Waals surface area contributed by atoms with Gasteiger partial charge in [0.2, 0.25) is 0 Å². The SMILES string of the molecule is C=CCC(N)c1ccc(F)cc1-c1noc2ccccc12.O=C(O)/C=C/C(=O)O. The number of para-hydroxylation sites is 1. The zero-order valence-electron chi connectivity index (χ0n) is 15.3. The molecule has 0 fully saturated rings. The second kappa shape index (κ2) is 9.95. The molecule has 0 bridgehead atoms. The zero-order valence-corrected chi connectivity index (χ0v) is 15.3. The molecule has 0 radical (unpaired) electrons. The lowest BCUT2D eigenvalue weighted by Crippen LogP contribution is -2.10. The number of hydrogen-bond acceptors (Lipinski definition) is 5. The molecule has 0 aliphatic carbocycles. The predicted octanol–water partition coefficient (Wildman–Crippen LogP) is 3.92. The predicted molar refractivity (Wildman–Crippen MR) is 106 cm³/mol. The fraction of sp³-hybridized carbons (Fsp3) is 0.0952. The Hall–Kier alpha value is -3.78. The largest absolute Gasteiger partial charge is 0.478 e. The highest BCUT2D eigenvalue weighted by molar-refractivity contribution is 5.92. The van der Waals surface area contributed by atoms with Gasteiger partial charge in [0.05, 0.1) is 0 Å². The van der Waals surface area contributed by atoms with Crippen LogP contribution in [0.2, 0.25) is 0 Å². The minimum atomic E-state index is -1.26. The molecule has 2 aromatic carbocycles. The van der Waals surface area contributed by atoms with Crippen LogP contribution in [0.1, 0.15) is 18.0 Å². The third kappa shape index (κ3) is 5.85. The molecule has 7 nitrogen and oxygen atoms in total. The lowest BCUT2D eigenvalue weighted by Gasteiger charge is -2.14. The summed E-state index contributed by atoms with van der Waals surface area (Å²) in [7, 11) is 0. The number of carboxylic acid groups (broad SMARTS) is 2. The van der Waals surface area contributed by atoms with Crippen LogP contribution in [0.5, 0.6) is 0 Å². The van der Waals surface area contributed by atoms with Gasteiger partial charge in [-0.3, -0.25) is 0 Å². The number of rotatable bonds is 6. The van der Waals surface area contributed by atoms with Crippen molar-refractivity contribution in [2.75, 3.05) is 0 Å². The molecule has 8 heteroatoms. The van der Waals surface area contributed by atoms with Gasteiger partial charge in [0.15, 0.2) is 5.58 Å². The Balaban J connectivity index is 0.000000321. The summed E-state index contributed by atoms with van der Waals surface area (Å²) in [5.41, 5.74) is 8.92. The van der Waals surface area contributed by atoms with E-state index in [1.807, 2.05) is 24.3 Å². The molecule has 150 valence electrons. The molecule has 0 spiro atoms. The van der Waals surface area contributed by atoms with Crippen LogP contribution in [0.3, 0.4) is 0 Å². The quantitative estimate of drug-likeness (QED) is 0.424. The third-order valence-corrected chi connectivity index (χ3v) is 3.84. The summed E-state index contributed by atoms with van der Waals surface area (Å²) >= 11 is 0. The normalized spacial score (nSPS) is 11.7. The Morgan fingerprint density at radius 2 is 1.83 bits per heavy atom. The molecule has 1 heterocycles. The average molecular weight is 398 g/mol. The van der Waals surface area contributed by atoms with Gasteiger partial charge in [-0.25, -0.2) is 14.0 Å². The van der Waals surface area contributed by atoms with Crippen LogP contribution in [-0.4, -0.2) is 27.3 Å². The minimum absolute atomic E-state index is 0.256. The molecule has 0 aliphatic rings. The maximum absolute atomic E-state index is 13.7. The first-order valence-electron chi connectivity index (χ1n) is 8.48. The van der Waals surface area contributed by atoms with Crippen molar-refractivity contribution in [3.05, 3.63) is 78.7 Å². The van der Waals surface area contributed by atoms with Gasteiger partial charge in [-0.15, -0.1) is 6.58 Å². The van der Waals surface area contributed by atoms with Crippen molar-refractivity contribution in [2.24, 2.45) is 5.73 Å². The van der Waals surface area contributed by atoms with Gasteiger partial charge in [0, 0.05) is 29.1 Å². The van der Waals surface area contributed by atoms with Crippen LogP contribution in [0.25, 0.3) is 22.2 Å². The van der Waals surface area contributed by atoms with Crippen molar-refractivity contribution >= 4 is 22.9 Å². The molecular formula is C21H19FN2O5. The van der Waals surface area contributed by atoms with E-state index in [1.54, 1.807) is 12.1 Å². The highest BCUT2D eigenvalue weighted by atomic mass is 19.1. The first-order valence-corrected chi connectivity index (χ1v) is 8.48. The van der Waals surface area contributed by atoms with Crippen LogP contribution < -0.4 is 5.73 Å². The third-order valence-electron chi connectivity index (χ3n) is 3.84. The molecule has 1 atom stereocenters. The Bertz CT molecular complexity index is 1040. The number of carboxylic acids is 2. The molecule has 3 rings (SSSR count). The van der Waals surface area contributed by atoms with Crippen LogP contribution >= 0.6 is 0 Å². The van der Waals surface area contributed by atoms with Crippen molar-refractivity contribution in [3.8, 4) is 11.3 Å². The molecule has 4 N–H and O–H groups in total. The monoisotopic (exact) mass is 398 g/mol. The Morgan fingerprint density at radius 3 is 2.45 bits per heavy atom. The standard InChI is InChI=1S/C17H15FN2O.C4H4O4/c1-2-5-15(19)12-9-8-11(18)10-14(12)17-13-6-3-4-7-16(13)21-20-17;5-3(6)1-2-4(7)8/h2-4,6-10,15H,1,5,19H2;1-2H,(H,5,6)(H,7,8)/b;2-1+. The summed E-state index contributed by atoms with van der Waals surface area (Å²) in [4.78, 5) is 19.1. The first kappa shape index (κ1) is 21.5. The van der Waals surface area contributed by atoms with Crippen molar-refractivity contribution in [2.45, 2.75) is 12.5 Å². The summed E-state index contributed by atoms with van der Waals surface area (Å²) in [6.07, 6.45) is 3.47. The second-order valence-electron chi connectivity index (χ2n) is 5.90. The average Bonchev–Trinajstić information content (AvgIpc) is 3.11. The summed E-state index contributed by atoms with van der Waals surface area (Å²) in [6, 6.07) is 11.8. The molecule has 3 aromatic rings. The van der Waals surface area contributed by atoms with E-state index < -0.39 is 11.9 Å². The van der Waals surface area contributed by atoms with E-state index in [0.717, 1.165) is 10.9 Å². The number of benzene rings is 2. The number of halogens is 1. The molecular weight excluding hydrogens is 379 g/mol. The molecule has 0 aliphatic heterocycles. The molecule has 0 amide bonds. The number of nitrogens with two attached hydrogens (primary N) is 1. The number of carbonyl (C=O) groups is 2. The fourth-order valence-electron chi connectivity index (χ4n) is 2.59. The van der Waals surface area contributed by atoms with Gasteiger partial charge < -0.3 is 20.5 Å². The van der Waals surface area contributed by atoms with Crippen LogP contribution in [0.15, 0.2) is 71.8 Å². The molecule has 1 aromatic heterocycles. The van der Waals surface area contributed by atoms with Crippen molar-refractivity contribution in [3.63, 3.8) is 0 Å². The number of aromatic nitrogens is 1. The van der Waals surface area contributed by atoms with Gasteiger partial charge in [0.1, 0.15) is 11.5 Å². The highest BCUT2D eigenvalue weighted by Crippen LogP contribution is 2.33.